The van der Waals surface area contributed by atoms with Crippen molar-refractivity contribution in [1.82, 2.24) is 15.3 Å². The fourth-order valence-electron chi connectivity index (χ4n) is 0.937. The van der Waals surface area contributed by atoms with E-state index in [1.54, 1.807) is 12.4 Å². The lowest BCUT2D eigenvalue weighted by Crippen LogP contribution is -2.19. The molecule has 1 aromatic rings. The van der Waals surface area contributed by atoms with Gasteiger partial charge in [0.1, 0.15) is 6.33 Å². The van der Waals surface area contributed by atoms with Gasteiger partial charge in [-0.1, -0.05) is 12.8 Å². The smallest absolute Gasteiger partial charge is 0.115 e. The maximum atomic E-state index is 5.32. The zero-order valence-corrected chi connectivity index (χ0v) is 6.99. The van der Waals surface area contributed by atoms with Crippen LogP contribution in [0.5, 0.6) is 0 Å². The van der Waals surface area contributed by atoms with E-state index in [9.17, 15) is 0 Å². The average molecular weight is 161 g/mol. The molecule has 1 N–H and O–H groups in total. The molecule has 0 spiro atoms. The fraction of sp³-hybridized carbons (Fsp3) is 0.333. The summed E-state index contributed by atoms with van der Waals surface area (Å²) in [6.45, 7) is 2.85. The molecule has 0 fully saturated rings. The second-order valence-corrected chi connectivity index (χ2v) is 2.33. The number of nitrogens with one attached hydrogen (secondary N) is 1. The van der Waals surface area contributed by atoms with Gasteiger partial charge in [0.2, 0.25) is 0 Å². The van der Waals surface area contributed by atoms with Crippen LogP contribution < -0.4 is 5.32 Å². The molecule has 12 heavy (non-hydrogen) atoms. The first-order valence-corrected chi connectivity index (χ1v) is 3.83. The molecule has 0 amide bonds. The Balaban J connectivity index is 2.75. The average Bonchev–Trinajstić information content (AvgIpc) is 2.15. The van der Waals surface area contributed by atoms with Crippen LogP contribution in [0.2, 0.25) is 0 Å². The second kappa shape index (κ2) is 4.47. The quantitative estimate of drug-likeness (QED) is 0.665. The summed E-state index contributed by atoms with van der Waals surface area (Å²) in [7, 11) is 0. The van der Waals surface area contributed by atoms with Gasteiger partial charge in [-0.2, -0.15) is 0 Å². The Morgan fingerprint density at radius 3 is 2.75 bits per heavy atom. The van der Waals surface area contributed by atoms with E-state index in [4.69, 9.17) is 6.42 Å². The molecule has 0 saturated carbocycles. The summed E-state index contributed by atoms with van der Waals surface area (Å²) < 4.78 is 0. The summed E-state index contributed by atoms with van der Waals surface area (Å²) in [6, 6.07) is -0.0730. The SMILES string of the molecule is C#CC(NCC)c1cncnc1. The maximum Gasteiger partial charge on any atom is 0.115 e. The predicted molar refractivity (Wildman–Crippen MR) is 47.3 cm³/mol. The number of terminal acetylenes is 1. The van der Waals surface area contributed by atoms with Crippen LogP contribution >= 0.6 is 0 Å². The topological polar surface area (TPSA) is 37.8 Å². The summed E-state index contributed by atoms with van der Waals surface area (Å²) in [4.78, 5) is 7.78. The summed E-state index contributed by atoms with van der Waals surface area (Å²) >= 11 is 0. The van der Waals surface area contributed by atoms with Crippen LogP contribution in [0.4, 0.5) is 0 Å². The Bertz CT molecular complexity index is 263. The Morgan fingerprint density at radius 1 is 1.58 bits per heavy atom. The first kappa shape index (κ1) is 8.69. The third-order valence-electron chi connectivity index (χ3n) is 1.49. The van der Waals surface area contributed by atoms with Crippen LogP contribution in [0.25, 0.3) is 0 Å². The van der Waals surface area contributed by atoms with Crippen molar-refractivity contribution in [3.05, 3.63) is 24.3 Å². The summed E-state index contributed by atoms with van der Waals surface area (Å²) in [5.74, 6) is 2.63. The van der Waals surface area contributed by atoms with Gasteiger partial charge in [-0.25, -0.2) is 9.97 Å². The minimum Gasteiger partial charge on any atom is -0.300 e. The van der Waals surface area contributed by atoms with Crippen molar-refractivity contribution in [3.8, 4) is 12.3 Å². The van der Waals surface area contributed by atoms with Gasteiger partial charge in [0.25, 0.3) is 0 Å². The maximum absolute atomic E-state index is 5.32. The van der Waals surface area contributed by atoms with Gasteiger partial charge in [0, 0.05) is 18.0 Å². The molecule has 0 radical (unpaired) electrons. The van der Waals surface area contributed by atoms with E-state index in [1.807, 2.05) is 6.92 Å². The number of hydrogen-bond acceptors (Lipinski definition) is 3. The highest BCUT2D eigenvalue weighted by Gasteiger charge is 2.05. The third kappa shape index (κ3) is 2.04. The van der Waals surface area contributed by atoms with Gasteiger partial charge >= 0.3 is 0 Å². The normalized spacial score (nSPS) is 12.0. The molecule has 0 bridgehead atoms. The highest BCUT2D eigenvalue weighted by molar-refractivity contribution is 5.19. The monoisotopic (exact) mass is 161 g/mol. The molecular formula is C9H11N3. The first-order chi connectivity index (χ1) is 5.88. The van der Waals surface area contributed by atoms with Gasteiger partial charge in [-0.05, 0) is 6.54 Å². The standard InChI is InChI=1S/C9H11N3/c1-3-9(12-4-2)8-5-10-7-11-6-8/h1,5-7,9,12H,4H2,2H3. The summed E-state index contributed by atoms with van der Waals surface area (Å²) in [6.07, 6.45) is 10.3. The Hall–Kier alpha value is -1.40. The number of rotatable bonds is 3. The molecule has 1 atom stereocenters. The van der Waals surface area contributed by atoms with Crippen molar-refractivity contribution in [3.63, 3.8) is 0 Å². The fourth-order valence-corrected chi connectivity index (χ4v) is 0.937. The van der Waals surface area contributed by atoms with E-state index >= 15 is 0 Å². The van der Waals surface area contributed by atoms with Crippen LogP contribution in [0.3, 0.4) is 0 Å². The van der Waals surface area contributed by atoms with Crippen LogP contribution in [0.1, 0.15) is 18.5 Å². The highest BCUT2D eigenvalue weighted by Crippen LogP contribution is 2.07. The zero-order chi connectivity index (χ0) is 8.81. The van der Waals surface area contributed by atoms with Gasteiger partial charge in [0.05, 0.1) is 6.04 Å². The molecule has 1 unspecified atom stereocenters. The van der Waals surface area contributed by atoms with Crippen molar-refractivity contribution in [2.24, 2.45) is 0 Å². The minimum absolute atomic E-state index is 0.0730. The Labute approximate surface area is 72.2 Å². The number of nitrogens with zero attached hydrogens (tertiary/aromatic N) is 2. The molecule has 3 heteroatoms. The van der Waals surface area contributed by atoms with Crippen molar-refractivity contribution in [1.29, 1.82) is 0 Å². The first-order valence-electron chi connectivity index (χ1n) is 3.83. The number of aromatic nitrogens is 2. The zero-order valence-electron chi connectivity index (χ0n) is 6.99. The molecule has 0 saturated heterocycles. The number of hydrogen-bond donors (Lipinski definition) is 1. The lowest BCUT2D eigenvalue weighted by molar-refractivity contribution is 0.660. The second-order valence-electron chi connectivity index (χ2n) is 2.33. The van der Waals surface area contributed by atoms with Crippen molar-refractivity contribution >= 4 is 0 Å². The van der Waals surface area contributed by atoms with E-state index < -0.39 is 0 Å². The van der Waals surface area contributed by atoms with E-state index in [0.717, 1.165) is 12.1 Å². The molecule has 1 heterocycles. The van der Waals surface area contributed by atoms with E-state index in [2.05, 4.69) is 21.2 Å². The molecule has 1 rings (SSSR count). The molecule has 3 nitrogen and oxygen atoms in total. The van der Waals surface area contributed by atoms with E-state index in [0.29, 0.717) is 0 Å². The Morgan fingerprint density at radius 2 is 2.25 bits per heavy atom. The van der Waals surface area contributed by atoms with Gasteiger partial charge in [-0.3, -0.25) is 0 Å². The van der Waals surface area contributed by atoms with Gasteiger partial charge in [-0.15, -0.1) is 6.42 Å². The molecular weight excluding hydrogens is 150 g/mol. The Kier molecular flexibility index (Phi) is 3.24. The lowest BCUT2D eigenvalue weighted by Gasteiger charge is -2.09. The molecule has 0 aliphatic heterocycles. The minimum atomic E-state index is -0.0730. The van der Waals surface area contributed by atoms with Crippen molar-refractivity contribution in [2.75, 3.05) is 6.54 Å². The molecule has 0 aliphatic rings. The highest BCUT2D eigenvalue weighted by atomic mass is 14.9. The molecule has 0 aliphatic carbocycles. The van der Waals surface area contributed by atoms with Gasteiger partial charge in [0.15, 0.2) is 0 Å². The molecule has 62 valence electrons. The molecule has 1 aromatic heterocycles. The lowest BCUT2D eigenvalue weighted by atomic mass is 10.1. The molecule has 0 aromatic carbocycles. The van der Waals surface area contributed by atoms with E-state index in [-0.39, 0.29) is 6.04 Å². The van der Waals surface area contributed by atoms with Crippen molar-refractivity contribution < 1.29 is 0 Å². The van der Waals surface area contributed by atoms with Crippen LogP contribution in [0, 0.1) is 12.3 Å². The summed E-state index contributed by atoms with van der Waals surface area (Å²) in [5.41, 5.74) is 0.932. The van der Waals surface area contributed by atoms with Crippen LogP contribution in [-0.4, -0.2) is 16.5 Å². The van der Waals surface area contributed by atoms with Crippen LogP contribution in [-0.2, 0) is 0 Å². The van der Waals surface area contributed by atoms with Crippen LogP contribution in [0.15, 0.2) is 18.7 Å². The largest absolute Gasteiger partial charge is 0.300 e. The predicted octanol–water partition coefficient (Wildman–Crippen LogP) is 0.760. The van der Waals surface area contributed by atoms with Crippen molar-refractivity contribution in [2.45, 2.75) is 13.0 Å². The van der Waals surface area contributed by atoms with Gasteiger partial charge < -0.3 is 5.32 Å². The van der Waals surface area contributed by atoms with E-state index in [1.165, 1.54) is 6.33 Å². The summed E-state index contributed by atoms with van der Waals surface area (Å²) in [5, 5.41) is 3.13. The third-order valence-corrected chi connectivity index (χ3v) is 1.49.